The molecule has 0 bridgehead atoms. The first kappa shape index (κ1) is 23.8. The molecule has 0 aliphatic heterocycles. The van der Waals surface area contributed by atoms with Crippen molar-refractivity contribution in [1.82, 2.24) is 9.99 Å². The third-order valence-corrected chi connectivity index (χ3v) is 5.79. The predicted octanol–water partition coefficient (Wildman–Crippen LogP) is 5.20. The van der Waals surface area contributed by atoms with Crippen molar-refractivity contribution >= 4 is 28.9 Å². The van der Waals surface area contributed by atoms with Crippen molar-refractivity contribution in [2.45, 2.75) is 20.8 Å². The van der Waals surface area contributed by atoms with Crippen molar-refractivity contribution < 1.29 is 19.1 Å². The van der Waals surface area contributed by atoms with Gasteiger partial charge in [0.25, 0.3) is 5.91 Å². The lowest BCUT2D eigenvalue weighted by molar-refractivity contribution is 0.0526. The average Bonchev–Trinajstić information content (AvgIpc) is 3.15. The van der Waals surface area contributed by atoms with Crippen LogP contribution < -0.4 is 10.2 Å². The van der Waals surface area contributed by atoms with E-state index in [0.29, 0.717) is 23.5 Å². The number of aromatic nitrogens is 1. The van der Waals surface area contributed by atoms with Crippen molar-refractivity contribution in [2.75, 3.05) is 13.7 Å². The Morgan fingerprint density at radius 3 is 2.34 bits per heavy atom. The second kappa shape index (κ2) is 10.3. The number of nitrogens with zero attached hydrogens (tertiary/aromatic N) is 2. The van der Waals surface area contributed by atoms with Crippen LogP contribution in [0.3, 0.4) is 0 Å². The number of aryl methyl sites for hydroxylation is 1. The van der Waals surface area contributed by atoms with Gasteiger partial charge in [0, 0.05) is 22.6 Å². The molecule has 1 aromatic heterocycles. The minimum atomic E-state index is -0.354. The number of hydrazone groups is 1. The second-order valence-corrected chi connectivity index (χ2v) is 8.03. The van der Waals surface area contributed by atoms with Crippen LogP contribution in [0.2, 0.25) is 0 Å². The van der Waals surface area contributed by atoms with Crippen LogP contribution in [-0.2, 0) is 4.74 Å². The molecule has 4 rings (SSSR count). The Morgan fingerprint density at radius 2 is 1.69 bits per heavy atom. The summed E-state index contributed by atoms with van der Waals surface area (Å²) in [4.78, 5) is 24.7. The highest BCUT2D eigenvalue weighted by atomic mass is 16.5. The normalized spacial score (nSPS) is 11.1. The SMILES string of the molecule is CCOC(=O)c1ccc(-n2c(C)cc(C=NNC(=O)c3cc4ccccc4cc3OC)c2C)cc1. The standard InChI is InChI=1S/C28H27N3O4/c1-5-35-28(33)20-10-12-24(13-11-20)31-18(2)14-23(19(31)3)17-29-30-27(32)25-15-21-8-6-7-9-22(21)16-26(25)34-4/h6-17H,5H2,1-4H3,(H,30,32). The Hall–Kier alpha value is -4.39. The summed E-state index contributed by atoms with van der Waals surface area (Å²) in [6, 6.07) is 20.7. The van der Waals surface area contributed by atoms with E-state index in [9.17, 15) is 9.59 Å². The maximum absolute atomic E-state index is 12.8. The van der Waals surface area contributed by atoms with Gasteiger partial charge in [-0.15, -0.1) is 0 Å². The minimum absolute atomic E-state index is 0.337. The lowest BCUT2D eigenvalue weighted by Gasteiger charge is -2.10. The van der Waals surface area contributed by atoms with Gasteiger partial charge in [0.05, 0.1) is 31.1 Å². The van der Waals surface area contributed by atoms with E-state index < -0.39 is 0 Å². The van der Waals surface area contributed by atoms with Crippen LogP contribution in [0.4, 0.5) is 0 Å². The van der Waals surface area contributed by atoms with E-state index in [1.54, 1.807) is 31.3 Å². The van der Waals surface area contributed by atoms with E-state index in [1.165, 1.54) is 7.11 Å². The summed E-state index contributed by atoms with van der Waals surface area (Å²) in [5.41, 5.74) is 7.25. The van der Waals surface area contributed by atoms with E-state index in [2.05, 4.69) is 15.1 Å². The molecule has 1 heterocycles. The van der Waals surface area contributed by atoms with Crippen LogP contribution >= 0.6 is 0 Å². The molecular weight excluding hydrogens is 442 g/mol. The maximum atomic E-state index is 12.8. The van der Waals surface area contributed by atoms with Crippen LogP contribution in [0.15, 0.2) is 71.8 Å². The first-order valence-corrected chi connectivity index (χ1v) is 11.3. The van der Waals surface area contributed by atoms with Crippen molar-refractivity contribution in [3.8, 4) is 11.4 Å². The molecule has 0 spiro atoms. The number of nitrogens with one attached hydrogen (secondary N) is 1. The zero-order chi connectivity index (χ0) is 24.9. The summed E-state index contributed by atoms with van der Waals surface area (Å²) in [5, 5.41) is 6.12. The van der Waals surface area contributed by atoms with Crippen molar-refractivity contribution in [3.05, 3.63) is 94.8 Å². The monoisotopic (exact) mass is 469 g/mol. The molecule has 0 fully saturated rings. The van der Waals surface area contributed by atoms with Crippen molar-refractivity contribution in [3.63, 3.8) is 0 Å². The molecule has 0 unspecified atom stereocenters. The Morgan fingerprint density at radius 1 is 1.00 bits per heavy atom. The summed E-state index contributed by atoms with van der Waals surface area (Å²) in [5.74, 6) is -0.209. The molecule has 0 radical (unpaired) electrons. The topological polar surface area (TPSA) is 81.9 Å². The van der Waals surface area contributed by atoms with Crippen LogP contribution in [0.25, 0.3) is 16.5 Å². The van der Waals surface area contributed by atoms with Crippen LogP contribution in [0.1, 0.15) is 44.6 Å². The number of carbonyl (C=O) groups is 2. The quantitative estimate of drug-likeness (QED) is 0.229. The number of fused-ring (bicyclic) bond motifs is 1. The van der Waals surface area contributed by atoms with E-state index >= 15 is 0 Å². The summed E-state index contributed by atoms with van der Waals surface area (Å²) >= 11 is 0. The molecule has 0 saturated carbocycles. The number of hydrogen-bond donors (Lipinski definition) is 1. The minimum Gasteiger partial charge on any atom is -0.496 e. The van der Waals surface area contributed by atoms with Gasteiger partial charge in [-0.1, -0.05) is 24.3 Å². The largest absolute Gasteiger partial charge is 0.496 e. The zero-order valence-corrected chi connectivity index (χ0v) is 20.2. The summed E-state index contributed by atoms with van der Waals surface area (Å²) in [6.07, 6.45) is 1.62. The summed E-state index contributed by atoms with van der Waals surface area (Å²) < 4.78 is 12.5. The molecule has 35 heavy (non-hydrogen) atoms. The van der Waals surface area contributed by atoms with Gasteiger partial charge < -0.3 is 14.0 Å². The number of rotatable bonds is 7. The van der Waals surface area contributed by atoms with Crippen molar-refractivity contribution in [1.29, 1.82) is 0 Å². The highest BCUT2D eigenvalue weighted by molar-refractivity contribution is 6.02. The molecule has 1 amide bonds. The van der Waals surface area contributed by atoms with Crippen LogP contribution in [0.5, 0.6) is 5.75 Å². The van der Waals surface area contributed by atoms with Gasteiger partial charge in [0.1, 0.15) is 5.75 Å². The molecule has 0 aliphatic carbocycles. The van der Waals surface area contributed by atoms with Crippen LogP contribution in [0, 0.1) is 13.8 Å². The second-order valence-electron chi connectivity index (χ2n) is 8.03. The van der Waals surface area contributed by atoms with E-state index in [4.69, 9.17) is 9.47 Å². The molecule has 4 aromatic rings. The van der Waals surface area contributed by atoms with Gasteiger partial charge in [-0.05, 0) is 74.0 Å². The number of carbonyl (C=O) groups excluding carboxylic acids is 2. The molecule has 0 atom stereocenters. The number of benzene rings is 3. The molecule has 0 aliphatic rings. The van der Waals surface area contributed by atoms with Gasteiger partial charge >= 0.3 is 5.97 Å². The number of methoxy groups -OCH3 is 1. The third kappa shape index (κ3) is 4.94. The average molecular weight is 470 g/mol. The number of esters is 1. The van der Waals surface area contributed by atoms with Gasteiger partial charge in [-0.2, -0.15) is 5.10 Å². The molecular formula is C28H27N3O4. The predicted molar refractivity (Wildman–Crippen MR) is 137 cm³/mol. The Labute approximate surface area is 204 Å². The van der Waals surface area contributed by atoms with E-state index in [1.807, 2.05) is 62.4 Å². The van der Waals surface area contributed by atoms with Gasteiger partial charge in [0.15, 0.2) is 0 Å². The summed E-state index contributed by atoms with van der Waals surface area (Å²) in [7, 11) is 1.54. The molecule has 0 saturated heterocycles. The van der Waals surface area contributed by atoms with Gasteiger partial charge in [-0.3, -0.25) is 4.79 Å². The van der Waals surface area contributed by atoms with E-state index in [0.717, 1.165) is 33.4 Å². The van der Waals surface area contributed by atoms with E-state index in [-0.39, 0.29) is 11.9 Å². The van der Waals surface area contributed by atoms with Crippen LogP contribution in [-0.4, -0.2) is 36.4 Å². The molecule has 178 valence electrons. The Kier molecular flexibility index (Phi) is 6.96. The fourth-order valence-corrected chi connectivity index (χ4v) is 4.06. The molecule has 7 heteroatoms. The molecule has 7 nitrogen and oxygen atoms in total. The number of ether oxygens (including phenoxy) is 2. The fraction of sp³-hybridized carbons (Fsp3) is 0.179. The highest BCUT2D eigenvalue weighted by Gasteiger charge is 2.14. The van der Waals surface area contributed by atoms with Crippen molar-refractivity contribution in [2.24, 2.45) is 5.10 Å². The highest BCUT2D eigenvalue weighted by Crippen LogP contribution is 2.26. The summed E-state index contributed by atoms with van der Waals surface area (Å²) in [6.45, 7) is 6.08. The third-order valence-electron chi connectivity index (χ3n) is 5.79. The lowest BCUT2D eigenvalue weighted by Crippen LogP contribution is -2.18. The first-order chi connectivity index (χ1) is 16.9. The first-order valence-electron chi connectivity index (χ1n) is 11.3. The lowest BCUT2D eigenvalue weighted by atomic mass is 10.1. The van der Waals surface area contributed by atoms with Gasteiger partial charge in [0.2, 0.25) is 0 Å². The fourth-order valence-electron chi connectivity index (χ4n) is 4.06. The maximum Gasteiger partial charge on any atom is 0.338 e. The Balaban J connectivity index is 1.53. The molecule has 3 aromatic carbocycles. The zero-order valence-electron chi connectivity index (χ0n) is 20.2. The number of hydrogen-bond acceptors (Lipinski definition) is 5. The number of amides is 1. The molecule has 1 N–H and O–H groups in total. The van der Waals surface area contributed by atoms with Gasteiger partial charge in [-0.25, -0.2) is 10.2 Å². The smallest absolute Gasteiger partial charge is 0.338 e. The Bertz CT molecular complexity index is 1420.